The molecule has 0 saturated heterocycles. The van der Waals surface area contributed by atoms with Gasteiger partial charge in [-0.05, 0) is 53.6 Å². The molecule has 3 aromatic carbocycles. The summed E-state index contributed by atoms with van der Waals surface area (Å²) < 4.78 is 12.0. The average Bonchev–Trinajstić information content (AvgIpc) is 2.74. The number of ether oxygens (including phenoxy) is 2. The van der Waals surface area contributed by atoms with Gasteiger partial charge in [-0.2, -0.15) is 0 Å². The minimum atomic E-state index is 0.0573. The Morgan fingerprint density at radius 2 is 1.61 bits per heavy atom. The number of fused-ring (bicyclic) bond motifs is 1. The van der Waals surface area contributed by atoms with Gasteiger partial charge in [-0.1, -0.05) is 68.4 Å². The molecule has 0 radical (unpaired) electrons. The summed E-state index contributed by atoms with van der Waals surface area (Å²) in [6.07, 6.45) is 0.994. The summed E-state index contributed by atoms with van der Waals surface area (Å²) in [6, 6.07) is 23.6. The summed E-state index contributed by atoms with van der Waals surface area (Å²) in [7, 11) is 1.71. The van der Waals surface area contributed by atoms with E-state index in [2.05, 4.69) is 87.5 Å². The van der Waals surface area contributed by atoms with Crippen molar-refractivity contribution in [2.45, 2.75) is 45.1 Å². The Hall–Kier alpha value is -2.74. The third kappa shape index (κ3) is 3.40. The zero-order valence-electron chi connectivity index (χ0n) is 17.1. The monoisotopic (exact) mass is 372 g/mol. The number of hydrogen-bond acceptors (Lipinski definition) is 2. The van der Waals surface area contributed by atoms with E-state index in [0.717, 1.165) is 17.9 Å². The van der Waals surface area contributed by atoms with Crippen LogP contribution in [-0.2, 0) is 0 Å². The van der Waals surface area contributed by atoms with E-state index in [-0.39, 0.29) is 6.10 Å². The van der Waals surface area contributed by atoms with Gasteiger partial charge in [0, 0.05) is 11.5 Å². The lowest BCUT2D eigenvalue weighted by molar-refractivity contribution is 0.165. The SMILES string of the molecule is COc1ccc([C@@H]2C[C@H](c3ccccc3)Oc3c(C)ccc(C(C)C)c32)cc1. The first-order valence-electron chi connectivity index (χ1n) is 10.1. The van der Waals surface area contributed by atoms with Gasteiger partial charge in [-0.25, -0.2) is 0 Å². The van der Waals surface area contributed by atoms with Crippen LogP contribution in [0.3, 0.4) is 0 Å². The first kappa shape index (κ1) is 18.6. The Balaban J connectivity index is 1.86. The summed E-state index contributed by atoms with van der Waals surface area (Å²) in [4.78, 5) is 0. The van der Waals surface area contributed by atoms with E-state index in [4.69, 9.17) is 9.47 Å². The van der Waals surface area contributed by atoms with Crippen LogP contribution in [-0.4, -0.2) is 7.11 Å². The van der Waals surface area contributed by atoms with E-state index in [1.807, 2.05) is 0 Å². The molecule has 2 heteroatoms. The van der Waals surface area contributed by atoms with E-state index in [1.165, 1.54) is 27.8 Å². The molecular formula is C26H28O2. The molecule has 3 aromatic rings. The summed E-state index contributed by atoms with van der Waals surface area (Å²) in [5.74, 6) is 2.71. The molecule has 0 spiro atoms. The molecule has 0 amide bonds. The van der Waals surface area contributed by atoms with Crippen LogP contribution in [0.2, 0.25) is 0 Å². The fourth-order valence-electron chi connectivity index (χ4n) is 4.28. The Kier molecular flexibility index (Phi) is 5.13. The maximum Gasteiger partial charge on any atom is 0.127 e. The molecule has 144 valence electrons. The minimum absolute atomic E-state index is 0.0573. The second kappa shape index (κ2) is 7.71. The zero-order chi connectivity index (χ0) is 19.7. The maximum atomic E-state index is 6.61. The Bertz CT molecular complexity index is 942. The predicted octanol–water partition coefficient (Wildman–Crippen LogP) is 6.78. The van der Waals surface area contributed by atoms with Crippen LogP contribution < -0.4 is 9.47 Å². The highest BCUT2D eigenvalue weighted by molar-refractivity contribution is 5.54. The fraction of sp³-hybridized carbons (Fsp3) is 0.308. The van der Waals surface area contributed by atoms with Crippen LogP contribution in [0, 0.1) is 6.92 Å². The topological polar surface area (TPSA) is 18.5 Å². The lowest BCUT2D eigenvalue weighted by atomic mass is 9.77. The van der Waals surface area contributed by atoms with E-state index >= 15 is 0 Å². The molecule has 2 atom stereocenters. The third-order valence-electron chi connectivity index (χ3n) is 5.80. The van der Waals surface area contributed by atoms with Crippen molar-refractivity contribution in [3.05, 3.63) is 94.5 Å². The van der Waals surface area contributed by atoms with Gasteiger partial charge in [-0.15, -0.1) is 0 Å². The van der Waals surface area contributed by atoms with Crippen molar-refractivity contribution in [1.29, 1.82) is 0 Å². The van der Waals surface area contributed by atoms with Gasteiger partial charge in [0.25, 0.3) is 0 Å². The molecule has 1 aliphatic rings. The summed E-state index contributed by atoms with van der Waals surface area (Å²) in [5, 5.41) is 0. The van der Waals surface area contributed by atoms with E-state index in [1.54, 1.807) is 7.11 Å². The van der Waals surface area contributed by atoms with E-state index in [0.29, 0.717) is 11.8 Å². The highest BCUT2D eigenvalue weighted by atomic mass is 16.5. The van der Waals surface area contributed by atoms with Gasteiger partial charge < -0.3 is 9.47 Å². The second-order valence-corrected chi connectivity index (χ2v) is 7.95. The average molecular weight is 373 g/mol. The number of methoxy groups -OCH3 is 1. The van der Waals surface area contributed by atoms with Crippen molar-refractivity contribution < 1.29 is 9.47 Å². The fourth-order valence-corrected chi connectivity index (χ4v) is 4.28. The first-order valence-corrected chi connectivity index (χ1v) is 10.1. The van der Waals surface area contributed by atoms with Crippen LogP contribution in [0.4, 0.5) is 0 Å². The third-order valence-corrected chi connectivity index (χ3v) is 5.80. The van der Waals surface area contributed by atoms with Crippen molar-refractivity contribution in [2.75, 3.05) is 7.11 Å². The zero-order valence-corrected chi connectivity index (χ0v) is 17.1. The molecule has 1 heterocycles. The van der Waals surface area contributed by atoms with Gasteiger partial charge in [-0.3, -0.25) is 0 Å². The van der Waals surface area contributed by atoms with Gasteiger partial charge in [0.15, 0.2) is 0 Å². The van der Waals surface area contributed by atoms with Crippen molar-refractivity contribution >= 4 is 0 Å². The standard InChI is InChI=1S/C26H28O2/c1-17(2)22-15-10-18(3)26-25(22)23(19-11-13-21(27-4)14-12-19)16-24(28-26)20-8-6-5-7-9-20/h5-15,17,23-24H,16H2,1-4H3/t23-,24+/m0/s1. The van der Waals surface area contributed by atoms with Crippen LogP contribution in [0.15, 0.2) is 66.7 Å². The van der Waals surface area contributed by atoms with Crippen LogP contribution in [0.5, 0.6) is 11.5 Å². The predicted molar refractivity (Wildman–Crippen MR) is 115 cm³/mol. The summed E-state index contributed by atoms with van der Waals surface area (Å²) in [5.41, 5.74) is 6.50. The van der Waals surface area contributed by atoms with Crippen molar-refractivity contribution in [3.8, 4) is 11.5 Å². The maximum absolute atomic E-state index is 6.61. The summed E-state index contributed by atoms with van der Waals surface area (Å²) >= 11 is 0. The van der Waals surface area contributed by atoms with Crippen molar-refractivity contribution in [3.63, 3.8) is 0 Å². The number of hydrogen-bond donors (Lipinski definition) is 0. The molecule has 0 aromatic heterocycles. The molecule has 0 fully saturated rings. The summed E-state index contributed by atoms with van der Waals surface area (Å²) in [6.45, 7) is 6.68. The molecule has 2 nitrogen and oxygen atoms in total. The van der Waals surface area contributed by atoms with E-state index < -0.39 is 0 Å². The molecule has 0 saturated carbocycles. The molecule has 0 N–H and O–H groups in total. The van der Waals surface area contributed by atoms with Gasteiger partial charge in [0.2, 0.25) is 0 Å². The van der Waals surface area contributed by atoms with E-state index in [9.17, 15) is 0 Å². The quantitative estimate of drug-likeness (QED) is 0.502. The molecule has 1 aliphatic heterocycles. The molecule has 4 rings (SSSR count). The normalized spacial score (nSPS) is 18.5. The number of rotatable bonds is 4. The molecular weight excluding hydrogens is 344 g/mol. The van der Waals surface area contributed by atoms with Crippen LogP contribution in [0.1, 0.15) is 66.0 Å². The Labute approximate surface area is 168 Å². The molecule has 28 heavy (non-hydrogen) atoms. The minimum Gasteiger partial charge on any atom is -0.497 e. The lowest BCUT2D eigenvalue weighted by Crippen LogP contribution is -2.22. The lowest BCUT2D eigenvalue weighted by Gasteiger charge is -2.36. The largest absolute Gasteiger partial charge is 0.497 e. The van der Waals surface area contributed by atoms with Gasteiger partial charge in [0.05, 0.1) is 7.11 Å². The smallest absolute Gasteiger partial charge is 0.127 e. The van der Waals surface area contributed by atoms with Crippen LogP contribution in [0.25, 0.3) is 0 Å². The van der Waals surface area contributed by atoms with Crippen molar-refractivity contribution in [1.82, 2.24) is 0 Å². The Morgan fingerprint density at radius 1 is 0.893 bits per heavy atom. The van der Waals surface area contributed by atoms with Crippen molar-refractivity contribution in [2.24, 2.45) is 0 Å². The molecule has 0 unspecified atom stereocenters. The second-order valence-electron chi connectivity index (χ2n) is 7.95. The van der Waals surface area contributed by atoms with Crippen LogP contribution >= 0.6 is 0 Å². The van der Waals surface area contributed by atoms with Gasteiger partial charge in [0.1, 0.15) is 17.6 Å². The highest BCUT2D eigenvalue weighted by Crippen LogP contribution is 2.49. The molecule has 0 bridgehead atoms. The number of benzene rings is 3. The van der Waals surface area contributed by atoms with Gasteiger partial charge >= 0.3 is 0 Å². The highest BCUT2D eigenvalue weighted by Gasteiger charge is 2.33. The Morgan fingerprint density at radius 3 is 2.25 bits per heavy atom. The number of aryl methyl sites for hydroxylation is 1. The molecule has 0 aliphatic carbocycles. The first-order chi connectivity index (χ1) is 13.6.